The Bertz CT molecular complexity index is 1400. The molecule has 0 N–H and O–H groups in total. The lowest BCUT2D eigenvalue weighted by atomic mass is 9.99. The van der Waals surface area contributed by atoms with Crippen LogP contribution in [-0.4, -0.2) is 43.3 Å². The van der Waals surface area contributed by atoms with Gasteiger partial charge in [0.1, 0.15) is 5.69 Å². The molecule has 0 spiro atoms. The van der Waals surface area contributed by atoms with Gasteiger partial charge in [-0.15, -0.1) is 5.10 Å². The van der Waals surface area contributed by atoms with Crippen molar-refractivity contribution in [1.82, 2.24) is 24.5 Å². The summed E-state index contributed by atoms with van der Waals surface area (Å²) in [4.78, 5) is 27.4. The monoisotopic (exact) mass is 409 g/mol. The van der Waals surface area contributed by atoms with Crippen LogP contribution in [0.5, 0.6) is 0 Å². The molecule has 31 heavy (non-hydrogen) atoms. The number of carbonyl (C=O) groups is 2. The van der Waals surface area contributed by atoms with Crippen LogP contribution in [0.2, 0.25) is 0 Å². The van der Waals surface area contributed by atoms with Gasteiger partial charge in [-0.05, 0) is 18.1 Å². The second-order valence-electron chi connectivity index (χ2n) is 7.97. The lowest BCUT2D eigenvalue weighted by Crippen LogP contribution is -2.26. The number of aromatic nitrogens is 4. The van der Waals surface area contributed by atoms with Gasteiger partial charge in [-0.3, -0.25) is 19.2 Å². The number of likely N-dealkylation sites (N-methyl/N-ethyl adjacent to an activating group) is 1. The molecule has 4 bridgehead atoms. The smallest absolute Gasteiger partial charge is 0.263 e. The third-order valence-corrected chi connectivity index (χ3v) is 6.24. The Labute approximate surface area is 178 Å². The maximum absolute atomic E-state index is 13.2. The van der Waals surface area contributed by atoms with Crippen LogP contribution in [0.3, 0.4) is 0 Å². The van der Waals surface area contributed by atoms with Crippen molar-refractivity contribution in [1.29, 1.82) is 0 Å². The number of hydrogen-bond donors (Lipinski definition) is 0. The normalized spacial score (nSPS) is 18.5. The van der Waals surface area contributed by atoms with Gasteiger partial charge in [0.15, 0.2) is 0 Å². The van der Waals surface area contributed by atoms with Crippen molar-refractivity contribution in [2.75, 3.05) is 7.05 Å². The summed E-state index contributed by atoms with van der Waals surface area (Å²) < 4.78 is 3.98. The minimum Gasteiger partial charge on any atom is -0.339 e. The Morgan fingerprint density at radius 1 is 0.903 bits per heavy atom. The summed E-state index contributed by atoms with van der Waals surface area (Å²) in [5.41, 5.74) is 4.11. The summed E-state index contributed by atoms with van der Waals surface area (Å²) in [6.07, 6.45) is 4.58. The maximum Gasteiger partial charge on any atom is 0.263 e. The molecule has 2 aliphatic rings. The van der Waals surface area contributed by atoms with E-state index < -0.39 is 0 Å². The lowest BCUT2D eigenvalue weighted by Gasteiger charge is -2.21. The van der Waals surface area contributed by atoms with E-state index in [0.717, 1.165) is 27.8 Å². The van der Waals surface area contributed by atoms with Crippen molar-refractivity contribution < 1.29 is 9.59 Å². The number of benzene rings is 2. The average molecular weight is 409 g/mol. The summed E-state index contributed by atoms with van der Waals surface area (Å²) in [5.74, 6) is -0.657. The number of imide groups is 1. The molecule has 0 saturated heterocycles. The van der Waals surface area contributed by atoms with Crippen LogP contribution in [0, 0.1) is 0 Å². The highest BCUT2D eigenvalue weighted by molar-refractivity contribution is 6.49. The van der Waals surface area contributed by atoms with Crippen LogP contribution in [0.1, 0.15) is 29.3 Å². The first-order valence-electron chi connectivity index (χ1n) is 10.3. The van der Waals surface area contributed by atoms with Crippen molar-refractivity contribution in [3.8, 4) is 0 Å². The van der Waals surface area contributed by atoms with Gasteiger partial charge in [-0.25, -0.2) is 0 Å². The van der Waals surface area contributed by atoms with E-state index >= 15 is 0 Å². The number of amides is 2. The quantitative estimate of drug-likeness (QED) is 0.453. The highest BCUT2D eigenvalue weighted by Crippen LogP contribution is 2.40. The number of fused-ring (bicyclic) bond motifs is 9. The van der Waals surface area contributed by atoms with E-state index in [2.05, 4.69) is 33.1 Å². The van der Waals surface area contributed by atoms with Gasteiger partial charge in [0.25, 0.3) is 11.8 Å². The van der Waals surface area contributed by atoms with E-state index in [1.165, 1.54) is 12.6 Å². The van der Waals surface area contributed by atoms with Crippen LogP contribution < -0.4 is 0 Å². The highest BCUT2D eigenvalue weighted by atomic mass is 16.2. The summed E-state index contributed by atoms with van der Waals surface area (Å²) in [5, 5.41) is 9.42. The van der Waals surface area contributed by atoms with E-state index in [1.807, 2.05) is 42.6 Å². The predicted molar refractivity (Wildman–Crippen MR) is 116 cm³/mol. The minimum atomic E-state index is -0.345. The minimum absolute atomic E-state index is 0.0413. The Morgan fingerprint density at radius 3 is 2.48 bits per heavy atom. The van der Waals surface area contributed by atoms with E-state index in [4.69, 9.17) is 0 Å². The van der Waals surface area contributed by atoms with E-state index in [9.17, 15) is 9.59 Å². The molecule has 2 aromatic heterocycles. The molecule has 1 unspecified atom stereocenters. The fourth-order valence-corrected chi connectivity index (χ4v) is 4.71. The maximum atomic E-state index is 13.2. The first kappa shape index (κ1) is 17.8. The molecule has 0 aliphatic carbocycles. The van der Waals surface area contributed by atoms with Crippen molar-refractivity contribution in [2.24, 2.45) is 0 Å². The SMILES string of the molecule is CN1C(=O)C2=C(C1=O)c1cn(c3ccccc13)C(c1ccccc1)CCn1cc2nn1. The molecule has 1 atom stereocenters. The molecule has 7 heteroatoms. The topological polar surface area (TPSA) is 73.0 Å². The van der Waals surface area contributed by atoms with Gasteiger partial charge < -0.3 is 4.57 Å². The molecule has 4 aromatic rings. The Balaban J connectivity index is 1.71. The van der Waals surface area contributed by atoms with Gasteiger partial charge in [0, 0.05) is 36.3 Å². The lowest BCUT2D eigenvalue weighted by molar-refractivity contribution is -0.134. The van der Waals surface area contributed by atoms with Gasteiger partial charge in [-0.2, -0.15) is 0 Å². The van der Waals surface area contributed by atoms with Gasteiger partial charge in [0.05, 0.1) is 23.4 Å². The number of hydrogen-bond acceptors (Lipinski definition) is 4. The molecule has 2 aliphatic heterocycles. The summed E-state index contributed by atoms with van der Waals surface area (Å²) >= 11 is 0. The first-order chi connectivity index (χ1) is 15.1. The van der Waals surface area contributed by atoms with Crippen molar-refractivity contribution in [3.63, 3.8) is 0 Å². The summed E-state index contributed by atoms with van der Waals surface area (Å²) in [7, 11) is 1.51. The second kappa shape index (κ2) is 6.50. The van der Waals surface area contributed by atoms with Crippen LogP contribution in [0.15, 0.2) is 67.0 Å². The van der Waals surface area contributed by atoms with Gasteiger partial charge >= 0.3 is 0 Å². The van der Waals surface area contributed by atoms with E-state index in [0.29, 0.717) is 23.4 Å². The van der Waals surface area contributed by atoms with Crippen molar-refractivity contribution >= 4 is 33.9 Å². The zero-order chi connectivity index (χ0) is 21.1. The third kappa shape index (κ3) is 2.53. The van der Waals surface area contributed by atoms with E-state index in [1.54, 1.807) is 10.9 Å². The fourth-order valence-electron chi connectivity index (χ4n) is 4.71. The highest BCUT2D eigenvalue weighted by Gasteiger charge is 2.40. The molecule has 0 fully saturated rings. The number of aryl methyl sites for hydroxylation is 1. The number of para-hydroxylation sites is 1. The largest absolute Gasteiger partial charge is 0.339 e. The second-order valence-corrected chi connectivity index (χ2v) is 7.97. The first-order valence-corrected chi connectivity index (χ1v) is 10.3. The molecule has 4 heterocycles. The Morgan fingerprint density at radius 2 is 1.65 bits per heavy atom. The molecule has 2 amide bonds. The summed E-state index contributed by atoms with van der Waals surface area (Å²) in [6.45, 7) is 0.634. The number of nitrogens with zero attached hydrogens (tertiary/aromatic N) is 5. The average Bonchev–Trinajstić information content (AvgIpc) is 3.46. The Kier molecular flexibility index (Phi) is 3.74. The fraction of sp³-hybridized carbons (Fsp3) is 0.167. The van der Waals surface area contributed by atoms with E-state index in [-0.39, 0.29) is 17.9 Å². The molecule has 7 nitrogen and oxygen atoms in total. The molecule has 0 radical (unpaired) electrons. The summed E-state index contributed by atoms with van der Waals surface area (Å²) in [6, 6.07) is 18.4. The van der Waals surface area contributed by atoms with Crippen LogP contribution >= 0.6 is 0 Å². The van der Waals surface area contributed by atoms with Crippen molar-refractivity contribution in [3.05, 3.63) is 83.8 Å². The number of rotatable bonds is 1. The molecule has 0 saturated carbocycles. The van der Waals surface area contributed by atoms with Gasteiger partial charge in [0.2, 0.25) is 0 Å². The van der Waals surface area contributed by atoms with Gasteiger partial charge in [-0.1, -0.05) is 53.7 Å². The van der Waals surface area contributed by atoms with Crippen LogP contribution in [0.4, 0.5) is 0 Å². The van der Waals surface area contributed by atoms with Crippen LogP contribution in [0.25, 0.3) is 22.0 Å². The number of carbonyl (C=O) groups excluding carboxylic acids is 2. The molecule has 152 valence electrons. The Hall–Kier alpha value is -4.00. The predicted octanol–water partition coefficient (Wildman–Crippen LogP) is 3.14. The molecule has 6 rings (SSSR count). The zero-order valence-corrected chi connectivity index (χ0v) is 16.9. The molecular formula is C24H19N5O2. The molecule has 2 aromatic carbocycles. The zero-order valence-electron chi connectivity index (χ0n) is 16.9. The van der Waals surface area contributed by atoms with Crippen molar-refractivity contribution in [2.45, 2.75) is 19.0 Å². The third-order valence-electron chi connectivity index (χ3n) is 6.24. The van der Waals surface area contributed by atoms with Crippen LogP contribution in [-0.2, 0) is 16.1 Å². The standard InChI is InChI=1S/C24H19N5O2/c1-27-23(30)21-17-13-29(20-10-6-5-9-16(17)20)19(15-7-3-2-4-8-15)11-12-28-14-18(25-26-28)22(21)24(27)31/h2-10,13-14,19H,11-12H2,1H3. The molecular weight excluding hydrogens is 390 g/mol.